The molecule has 3 aromatic heterocycles. The Kier molecular flexibility index (Phi) is 3.94. The van der Waals surface area contributed by atoms with Crippen LogP contribution < -0.4 is 10.6 Å². The van der Waals surface area contributed by atoms with E-state index in [1.807, 2.05) is 48.5 Å². The van der Waals surface area contributed by atoms with Crippen LogP contribution in [0.2, 0.25) is 0 Å². The lowest BCUT2D eigenvalue weighted by molar-refractivity contribution is 0.276. The predicted molar refractivity (Wildman–Crippen MR) is 119 cm³/mol. The number of para-hydroxylation sites is 2. The molecule has 0 bridgehead atoms. The number of anilines is 2. The third-order valence-corrected chi connectivity index (χ3v) is 5.86. The molecule has 0 unspecified atom stereocenters. The summed E-state index contributed by atoms with van der Waals surface area (Å²) in [5.41, 5.74) is 4.98. The topological polar surface area (TPSA) is 81.1 Å². The lowest BCUT2D eigenvalue weighted by Crippen LogP contribution is -2.24. The van der Waals surface area contributed by atoms with Gasteiger partial charge in [-0.05, 0) is 48.5 Å². The number of hydrogen-bond acceptors (Lipinski definition) is 5. The first kappa shape index (κ1) is 17.9. The minimum absolute atomic E-state index is 0.108. The molecule has 2 aromatic carbocycles. The molecule has 31 heavy (non-hydrogen) atoms. The zero-order valence-electron chi connectivity index (χ0n) is 16.7. The second kappa shape index (κ2) is 6.82. The first-order chi connectivity index (χ1) is 15.3. The highest BCUT2D eigenvalue weighted by atomic mass is 16.3. The van der Waals surface area contributed by atoms with Gasteiger partial charge in [0.05, 0.1) is 35.4 Å². The van der Waals surface area contributed by atoms with Crippen LogP contribution in [0.5, 0.6) is 0 Å². The summed E-state index contributed by atoms with van der Waals surface area (Å²) >= 11 is 0. The van der Waals surface area contributed by atoms with Crippen LogP contribution in [0.4, 0.5) is 11.6 Å². The Hall–Kier alpha value is -3.91. The van der Waals surface area contributed by atoms with E-state index < -0.39 is 0 Å². The molecule has 4 heterocycles. The van der Waals surface area contributed by atoms with Crippen LogP contribution in [0.1, 0.15) is 0 Å². The quantitative estimate of drug-likeness (QED) is 0.491. The maximum absolute atomic E-state index is 13.0. The van der Waals surface area contributed by atoms with Crippen LogP contribution in [0.25, 0.3) is 27.9 Å². The van der Waals surface area contributed by atoms with Gasteiger partial charge in [0, 0.05) is 25.0 Å². The van der Waals surface area contributed by atoms with Crippen molar-refractivity contribution in [1.29, 1.82) is 0 Å². The zero-order chi connectivity index (χ0) is 20.9. The molecule has 1 aliphatic rings. The summed E-state index contributed by atoms with van der Waals surface area (Å²) in [6, 6.07) is 19.7. The standard InChI is InChI=1S/C23H20N6O2/c30-15-14-28-20-6-3-11-24-21(20)29(23(28)31)17-9-7-16(8-10-17)26-12-13-27-19-5-2-1-4-18(19)25-22(26)27/h1-11,30H,12-15H2. The minimum Gasteiger partial charge on any atom is -0.395 e. The third-order valence-electron chi connectivity index (χ3n) is 5.86. The first-order valence-corrected chi connectivity index (χ1v) is 10.3. The SMILES string of the molecule is O=c1n(CCO)c2cccnc2n1-c1ccc(N2CCn3c2nc2ccccc23)cc1. The molecule has 0 saturated heterocycles. The van der Waals surface area contributed by atoms with E-state index in [1.54, 1.807) is 21.4 Å². The highest BCUT2D eigenvalue weighted by molar-refractivity contribution is 5.81. The average Bonchev–Trinajstić information content (AvgIpc) is 3.45. The van der Waals surface area contributed by atoms with Crippen LogP contribution >= 0.6 is 0 Å². The molecule has 0 fully saturated rings. The highest BCUT2D eigenvalue weighted by Crippen LogP contribution is 2.33. The summed E-state index contributed by atoms with van der Waals surface area (Å²) in [6.45, 7) is 1.86. The van der Waals surface area contributed by atoms with Gasteiger partial charge in [0.2, 0.25) is 5.95 Å². The minimum atomic E-state index is -0.210. The molecule has 8 nitrogen and oxygen atoms in total. The third kappa shape index (κ3) is 2.62. The molecule has 0 saturated carbocycles. The van der Waals surface area contributed by atoms with Gasteiger partial charge in [-0.15, -0.1) is 0 Å². The van der Waals surface area contributed by atoms with E-state index in [1.165, 1.54) is 0 Å². The number of hydrogen-bond donors (Lipinski definition) is 1. The molecular weight excluding hydrogens is 392 g/mol. The van der Waals surface area contributed by atoms with E-state index in [0.29, 0.717) is 11.2 Å². The molecule has 8 heteroatoms. The van der Waals surface area contributed by atoms with Gasteiger partial charge < -0.3 is 14.6 Å². The van der Waals surface area contributed by atoms with Crippen molar-refractivity contribution in [2.24, 2.45) is 0 Å². The van der Waals surface area contributed by atoms with Crippen LogP contribution in [0.15, 0.2) is 71.7 Å². The number of imidazole rings is 2. The number of fused-ring (bicyclic) bond motifs is 4. The van der Waals surface area contributed by atoms with Gasteiger partial charge in [-0.1, -0.05) is 12.1 Å². The molecule has 0 aliphatic carbocycles. The van der Waals surface area contributed by atoms with Gasteiger partial charge in [0.25, 0.3) is 0 Å². The molecule has 1 N–H and O–H groups in total. The fourth-order valence-corrected chi connectivity index (χ4v) is 4.45. The van der Waals surface area contributed by atoms with Gasteiger partial charge in [-0.3, -0.25) is 4.57 Å². The average molecular weight is 412 g/mol. The molecule has 0 amide bonds. The molecule has 6 rings (SSSR count). The number of nitrogens with zero attached hydrogens (tertiary/aromatic N) is 6. The summed E-state index contributed by atoms with van der Waals surface area (Å²) < 4.78 is 5.38. The summed E-state index contributed by atoms with van der Waals surface area (Å²) in [4.78, 5) is 24.4. The van der Waals surface area contributed by atoms with Crippen molar-refractivity contribution in [3.63, 3.8) is 0 Å². The van der Waals surface area contributed by atoms with Crippen LogP contribution in [0, 0.1) is 0 Å². The van der Waals surface area contributed by atoms with Gasteiger partial charge >= 0.3 is 5.69 Å². The van der Waals surface area contributed by atoms with Crippen molar-refractivity contribution in [3.8, 4) is 5.69 Å². The molecule has 1 aliphatic heterocycles. The molecule has 154 valence electrons. The summed E-state index contributed by atoms with van der Waals surface area (Å²) in [7, 11) is 0. The maximum Gasteiger partial charge on any atom is 0.335 e. The number of aromatic nitrogens is 5. The summed E-state index contributed by atoms with van der Waals surface area (Å²) in [5.74, 6) is 0.937. The second-order valence-corrected chi connectivity index (χ2v) is 7.56. The van der Waals surface area contributed by atoms with Crippen LogP contribution in [0.3, 0.4) is 0 Å². The van der Waals surface area contributed by atoms with E-state index in [0.717, 1.165) is 41.4 Å². The van der Waals surface area contributed by atoms with Gasteiger partial charge in [0.1, 0.15) is 0 Å². The second-order valence-electron chi connectivity index (χ2n) is 7.56. The van der Waals surface area contributed by atoms with Crippen molar-refractivity contribution < 1.29 is 5.11 Å². The normalized spacial score (nSPS) is 13.4. The Bertz CT molecular complexity index is 1480. The predicted octanol–water partition coefficient (Wildman–Crippen LogP) is 2.68. The van der Waals surface area contributed by atoms with E-state index in [2.05, 4.69) is 20.5 Å². The Balaban J connectivity index is 1.42. The van der Waals surface area contributed by atoms with E-state index >= 15 is 0 Å². The summed E-state index contributed by atoms with van der Waals surface area (Å²) in [5, 5.41) is 9.37. The fraction of sp³-hybridized carbons (Fsp3) is 0.174. The molecule has 0 spiro atoms. The fourth-order valence-electron chi connectivity index (χ4n) is 4.45. The van der Waals surface area contributed by atoms with Crippen molar-refractivity contribution in [2.45, 2.75) is 13.1 Å². The lowest BCUT2D eigenvalue weighted by atomic mass is 10.2. The van der Waals surface area contributed by atoms with E-state index in [-0.39, 0.29) is 18.8 Å². The molecule has 0 radical (unpaired) electrons. The molecule has 0 atom stereocenters. The van der Waals surface area contributed by atoms with Crippen molar-refractivity contribution in [2.75, 3.05) is 18.1 Å². The van der Waals surface area contributed by atoms with Gasteiger partial charge in [-0.25, -0.2) is 19.3 Å². The Morgan fingerprint density at radius 3 is 2.52 bits per heavy atom. The van der Waals surface area contributed by atoms with E-state index in [9.17, 15) is 9.90 Å². The molecule has 5 aromatic rings. The largest absolute Gasteiger partial charge is 0.395 e. The number of rotatable bonds is 4. The van der Waals surface area contributed by atoms with E-state index in [4.69, 9.17) is 4.98 Å². The Morgan fingerprint density at radius 2 is 1.68 bits per heavy atom. The van der Waals surface area contributed by atoms with Crippen molar-refractivity contribution in [1.82, 2.24) is 23.7 Å². The smallest absolute Gasteiger partial charge is 0.335 e. The van der Waals surface area contributed by atoms with Crippen LogP contribution in [-0.4, -0.2) is 41.9 Å². The number of benzene rings is 2. The summed E-state index contributed by atoms with van der Waals surface area (Å²) in [6.07, 6.45) is 1.67. The maximum atomic E-state index is 13.0. The number of pyridine rings is 1. The number of aliphatic hydroxyl groups excluding tert-OH is 1. The zero-order valence-corrected chi connectivity index (χ0v) is 16.7. The Morgan fingerprint density at radius 1 is 0.903 bits per heavy atom. The number of aliphatic hydroxyl groups is 1. The monoisotopic (exact) mass is 412 g/mol. The van der Waals surface area contributed by atoms with Gasteiger partial charge in [0.15, 0.2) is 5.65 Å². The van der Waals surface area contributed by atoms with Crippen molar-refractivity contribution >= 4 is 33.8 Å². The lowest BCUT2D eigenvalue weighted by Gasteiger charge is -2.16. The van der Waals surface area contributed by atoms with Crippen molar-refractivity contribution in [3.05, 3.63) is 77.3 Å². The first-order valence-electron chi connectivity index (χ1n) is 10.3. The highest BCUT2D eigenvalue weighted by Gasteiger charge is 2.24. The van der Waals surface area contributed by atoms with Crippen LogP contribution in [-0.2, 0) is 13.1 Å². The van der Waals surface area contributed by atoms with Gasteiger partial charge in [-0.2, -0.15) is 0 Å². The Labute approximate surface area is 177 Å². The molecular formula is C23H20N6O2.